The number of aromatic nitrogens is 2. The Morgan fingerprint density at radius 2 is 2.24 bits per heavy atom. The normalized spacial score (nSPS) is 13.3. The predicted octanol–water partition coefficient (Wildman–Crippen LogP) is 3.03. The van der Waals surface area contributed by atoms with Crippen molar-refractivity contribution in [3.63, 3.8) is 0 Å². The molecule has 2 heterocycles. The van der Waals surface area contributed by atoms with Gasteiger partial charge in [-0.3, -0.25) is 0 Å². The van der Waals surface area contributed by atoms with Crippen molar-refractivity contribution in [2.75, 3.05) is 5.32 Å². The number of rotatable bonds is 3. The zero-order valence-corrected chi connectivity index (χ0v) is 12.4. The third kappa shape index (κ3) is 2.91. The highest BCUT2D eigenvalue weighted by atomic mass is 16.2. The molecule has 2 amide bonds. The van der Waals surface area contributed by atoms with Crippen LogP contribution in [0.1, 0.15) is 26.1 Å². The molecule has 3 rings (SSSR count). The Balaban J connectivity index is 1.81. The number of hydrogen-bond donors (Lipinski definition) is 2. The topological polar surface area (TPSA) is 59.0 Å². The maximum atomic E-state index is 11.8. The monoisotopic (exact) mass is 284 g/mol. The highest BCUT2D eigenvalue weighted by Crippen LogP contribution is 2.27. The number of urea groups is 1. The van der Waals surface area contributed by atoms with E-state index in [-0.39, 0.29) is 12.1 Å². The molecule has 0 spiro atoms. The van der Waals surface area contributed by atoms with Crippen LogP contribution in [0, 0.1) is 0 Å². The molecule has 5 nitrogen and oxygen atoms in total. The Labute approximate surface area is 124 Å². The van der Waals surface area contributed by atoms with Crippen LogP contribution in [0.5, 0.6) is 0 Å². The van der Waals surface area contributed by atoms with Gasteiger partial charge in [-0.15, -0.1) is 0 Å². The Morgan fingerprint density at radius 3 is 3.05 bits per heavy atom. The Hall–Kier alpha value is -2.30. The van der Waals surface area contributed by atoms with Gasteiger partial charge in [0.15, 0.2) is 0 Å². The fraction of sp³-hybridized carbons (Fsp3) is 0.375. The SMILES string of the molecule is CC(C)NC(=O)Nc1cccc(-c2cnc3n2CCC3)c1. The van der Waals surface area contributed by atoms with Crippen LogP contribution >= 0.6 is 0 Å². The van der Waals surface area contributed by atoms with Crippen molar-refractivity contribution in [1.29, 1.82) is 0 Å². The molecule has 1 aromatic heterocycles. The van der Waals surface area contributed by atoms with E-state index in [4.69, 9.17) is 0 Å². The standard InChI is InChI=1S/C16H20N4O/c1-11(2)18-16(21)19-13-6-3-5-12(9-13)14-10-17-15-7-4-8-20(14)15/h3,5-6,9-11H,4,7-8H2,1-2H3,(H2,18,19,21). The number of hydrogen-bond acceptors (Lipinski definition) is 2. The van der Waals surface area contributed by atoms with Gasteiger partial charge in [0.1, 0.15) is 5.82 Å². The van der Waals surface area contributed by atoms with E-state index in [0.29, 0.717) is 0 Å². The average Bonchev–Trinajstić information content (AvgIpc) is 2.99. The summed E-state index contributed by atoms with van der Waals surface area (Å²) in [5.74, 6) is 1.15. The molecule has 1 aliphatic heterocycles. The number of amides is 2. The van der Waals surface area contributed by atoms with Crippen LogP contribution < -0.4 is 10.6 Å². The quantitative estimate of drug-likeness (QED) is 0.910. The molecule has 0 saturated heterocycles. The van der Waals surface area contributed by atoms with E-state index in [2.05, 4.69) is 20.2 Å². The lowest BCUT2D eigenvalue weighted by Gasteiger charge is -2.11. The van der Waals surface area contributed by atoms with Crippen LogP contribution in [-0.4, -0.2) is 21.6 Å². The molecule has 0 fully saturated rings. The highest BCUT2D eigenvalue weighted by Gasteiger charge is 2.16. The molecule has 110 valence electrons. The van der Waals surface area contributed by atoms with Crippen molar-refractivity contribution in [1.82, 2.24) is 14.9 Å². The second-order valence-electron chi connectivity index (χ2n) is 5.65. The molecule has 0 saturated carbocycles. The fourth-order valence-corrected chi connectivity index (χ4v) is 2.67. The lowest BCUT2D eigenvalue weighted by Crippen LogP contribution is -2.34. The lowest BCUT2D eigenvalue weighted by atomic mass is 10.1. The molecular formula is C16H20N4O. The molecule has 2 N–H and O–H groups in total. The van der Waals surface area contributed by atoms with Crippen LogP contribution in [0.15, 0.2) is 30.5 Å². The molecule has 0 unspecified atom stereocenters. The van der Waals surface area contributed by atoms with Crippen LogP contribution in [0.2, 0.25) is 0 Å². The Bertz CT molecular complexity index is 660. The Kier molecular flexibility index (Phi) is 3.64. The maximum absolute atomic E-state index is 11.8. The third-order valence-corrected chi connectivity index (χ3v) is 3.56. The van der Waals surface area contributed by atoms with E-state index in [9.17, 15) is 4.79 Å². The molecular weight excluding hydrogens is 264 g/mol. The predicted molar refractivity (Wildman–Crippen MR) is 83.3 cm³/mol. The van der Waals surface area contributed by atoms with E-state index in [0.717, 1.165) is 42.2 Å². The summed E-state index contributed by atoms with van der Waals surface area (Å²) in [5.41, 5.74) is 2.99. The number of carbonyl (C=O) groups is 1. The second-order valence-corrected chi connectivity index (χ2v) is 5.65. The van der Waals surface area contributed by atoms with Gasteiger partial charge in [-0.05, 0) is 32.4 Å². The summed E-state index contributed by atoms with van der Waals surface area (Å²) in [6.45, 7) is 4.90. The first-order valence-corrected chi connectivity index (χ1v) is 7.36. The fourth-order valence-electron chi connectivity index (χ4n) is 2.67. The number of fused-ring (bicyclic) bond motifs is 1. The smallest absolute Gasteiger partial charge is 0.319 e. The van der Waals surface area contributed by atoms with Crippen molar-refractivity contribution in [2.45, 2.75) is 39.3 Å². The van der Waals surface area contributed by atoms with Crippen molar-refractivity contribution in [3.8, 4) is 11.3 Å². The van der Waals surface area contributed by atoms with Crippen molar-refractivity contribution < 1.29 is 4.79 Å². The van der Waals surface area contributed by atoms with Gasteiger partial charge >= 0.3 is 6.03 Å². The number of imidazole rings is 1. The van der Waals surface area contributed by atoms with Crippen LogP contribution in [0.3, 0.4) is 0 Å². The van der Waals surface area contributed by atoms with Crippen LogP contribution in [0.4, 0.5) is 10.5 Å². The van der Waals surface area contributed by atoms with Gasteiger partial charge < -0.3 is 15.2 Å². The molecule has 0 bridgehead atoms. The van der Waals surface area contributed by atoms with E-state index >= 15 is 0 Å². The van der Waals surface area contributed by atoms with Gasteiger partial charge in [0, 0.05) is 30.3 Å². The van der Waals surface area contributed by atoms with E-state index in [1.165, 1.54) is 0 Å². The van der Waals surface area contributed by atoms with Gasteiger partial charge in [0.2, 0.25) is 0 Å². The molecule has 1 aliphatic rings. The highest BCUT2D eigenvalue weighted by molar-refractivity contribution is 5.90. The van der Waals surface area contributed by atoms with Crippen LogP contribution in [-0.2, 0) is 13.0 Å². The zero-order chi connectivity index (χ0) is 14.8. The number of aryl methyl sites for hydroxylation is 1. The number of carbonyl (C=O) groups excluding carboxylic acids is 1. The van der Waals surface area contributed by atoms with Crippen molar-refractivity contribution in [2.24, 2.45) is 0 Å². The van der Waals surface area contributed by atoms with E-state index in [1.807, 2.05) is 44.3 Å². The maximum Gasteiger partial charge on any atom is 0.319 e. The molecule has 1 aromatic carbocycles. The van der Waals surface area contributed by atoms with Gasteiger partial charge in [-0.2, -0.15) is 0 Å². The summed E-state index contributed by atoms with van der Waals surface area (Å²) in [7, 11) is 0. The van der Waals surface area contributed by atoms with Gasteiger partial charge in [0.05, 0.1) is 11.9 Å². The minimum absolute atomic E-state index is 0.117. The molecule has 5 heteroatoms. The molecule has 0 aliphatic carbocycles. The lowest BCUT2D eigenvalue weighted by molar-refractivity contribution is 0.250. The minimum Gasteiger partial charge on any atom is -0.336 e. The average molecular weight is 284 g/mol. The Morgan fingerprint density at radius 1 is 1.38 bits per heavy atom. The van der Waals surface area contributed by atoms with Gasteiger partial charge in [0.25, 0.3) is 0 Å². The van der Waals surface area contributed by atoms with E-state index < -0.39 is 0 Å². The summed E-state index contributed by atoms with van der Waals surface area (Å²) in [5, 5.41) is 5.68. The summed E-state index contributed by atoms with van der Waals surface area (Å²) >= 11 is 0. The van der Waals surface area contributed by atoms with E-state index in [1.54, 1.807) is 0 Å². The minimum atomic E-state index is -0.180. The summed E-state index contributed by atoms with van der Waals surface area (Å²) in [6.07, 6.45) is 4.13. The molecule has 0 radical (unpaired) electrons. The molecule has 0 atom stereocenters. The summed E-state index contributed by atoms with van der Waals surface area (Å²) in [4.78, 5) is 16.2. The second kappa shape index (κ2) is 5.60. The number of nitrogens with one attached hydrogen (secondary N) is 2. The van der Waals surface area contributed by atoms with Crippen molar-refractivity contribution in [3.05, 3.63) is 36.3 Å². The first-order chi connectivity index (χ1) is 10.1. The first kappa shape index (κ1) is 13.7. The number of anilines is 1. The van der Waals surface area contributed by atoms with Crippen molar-refractivity contribution >= 4 is 11.7 Å². The number of benzene rings is 1. The molecule has 21 heavy (non-hydrogen) atoms. The largest absolute Gasteiger partial charge is 0.336 e. The van der Waals surface area contributed by atoms with Crippen LogP contribution in [0.25, 0.3) is 11.3 Å². The zero-order valence-electron chi connectivity index (χ0n) is 12.4. The first-order valence-electron chi connectivity index (χ1n) is 7.36. The molecule has 2 aromatic rings. The van der Waals surface area contributed by atoms with Gasteiger partial charge in [-0.25, -0.2) is 9.78 Å². The number of nitrogens with zero attached hydrogens (tertiary/aromatic N) is 2. The summed E-state index contributed by atoms with van der Waals surface area (Å²) < 4.78 is 2.26. The summed E-state index contributed by atoms with van der Waals surface area (Å²) in [6, 6.07) is 7.82. The van der Waals surface area contributed by atoms with Gasteiger partial charge in [-0.1, -0.05) is 12.1 Å². The third-order valence-electron chi connectivity index (χ3n) is 3.56.